The second-order valence-electron chi connectivity index (χ2n) is 13.5. The number of hydrogen-bond donors (Lipinski definition) is 0. The van der Waals surface area contributed by atoms with E-state index in [-0.39, 0.29) is 17.2 Å². The molecule has 1 aliphatic heterocycles. The van der Waals surface area contributed by atoms with Crippen LogP contribution in [0.15, 0.2) is 90.6 Å². The van der Waals surface area contributed by atoms with Crippen molar-refractivity contribution in [3.05, 3.63) is 96.1 Å². The summed E-state index contributed by atoms with van der Waals surface area (Å²) in [5.41, 5.74) is 6.33. The van der Waals surface area contributed by atoms with Crippen molar-refractivity contribution < 1.29 is 9.59 Å². The molecule has 1 fully saturated rings. The summed E-state index contributed by atoms with van der Waals surface area (Å²) < 4.78 is 0.748. The molecule has 1 saturated heterocycles. The maximum atomic E-state index is 11.4. The Hall–Kier alpha value is -3.28. The van der Waals surface area contributed by atoms with Crippen molar-refractivity contribution in [2.24, 2.45) is 17.3 Å². The van der Waals surface area contributed by atoms with Crippen LogP contribution in [0.4, 0.5) is 11.4 Å². The maximum absolute atomic E-state index is 11.4. The lowest BCUT2D eigenvalue weighted by Crippen LogP contribution is -2.39. The number of hydrogen-bond acceptors (Lipinski definition) is 3. The normalized spacial score (nSPS) is 19.2. The highest BCUT2D eigenvalue weighted by Gasteiger charge is 2.36. The zero-order valence-corrected chi connectivity index (χ0v) is 30.4. The molecule has 5 nitrogen and oxygen atoms in total. The van der Waals surface area contributed by atoms with Gasteiger partial charge in [0, 0.05) is 38.2 Å². The number of allylic oxidation sites excluding steroid dienone is 5. The first-order chi connectivity index (χ1) is 21.9. The van der Waals surface area contributed by atoms with Crippen molar-refractivity contribution >= 4 is 23.6 Å². The first-order valence-corrected chi connectivity index (χ1v) is 17.4. The first-order valence-electron chi connectivity index (χ1n) is 17.4. The molecule has 0 bridgehead atoms. The lowest BCUT2D eigenvalue weighted by atomic mass is 9.66. The highest BCUT2D eigenvalue weighted by molar-refractivity contribution is 5.80. The van der Waals surface area contributed by atoms with Crippen LogP contribution in [0.3, 0.4) is 0 Å². The fourth-order valence-corrected chi connectivity index (χ4v) is 6.61. The van der Waals surface area contributed by atoms with Gasteiger partial charge in [-0.3, -0.25) is 19.0 Å². The smallest absolute Gasteiger partial charge is 0.224 e. The van der Waals surface area contributed by atoms with E-state index in [0.717, 1.165) is 61.7 Å². The van der Waals surface area contributed by atoms with Crippen molar-refractivity contribution in [3.8, 4) is 0 Å². The Labute approximate surface area is 281 Å². The molecule has 5 heteroatoms. The van der Waals surface area contributed by atoms with E-state index in [1.54, 1.807) is 19.0 Å². The maximum Gasteiger partial charge on any atom is 0.224 e. The Morgan fingerprint density at radius 1 is 1.07 bits per heavy atom. The van der Waals surface area contributed by atoms with Crippen molar-refractivity contribution in [3.63, 3.8) is 0 Å². The lowest BCUT2D eigenvalue weighted by Gasteiger charge is -2.43. The standard InChI is InChI=1S/C30H39N2O.C9H17NO.C2H6/c1-5-25-21-30(2,17-14-26(25)23-33)27-15-18-31(19-16-27)22-24-10-9-13-29(20-24)32(3,4)28-11-7-6-8-12-28;1-5-6-7-8(2)9(11)10(3)4;1-2/h6-14,20-21,23,27H,5,15-19,22H2,1-4H3;5,8H,1,6-7H2,2-4H3;1-2H3/q+1;;. The number of quaternary nitrogens is 1. The van der Waals surface area contributed by atoms with Gasteiger partial charge in [-0.1, -0.05) is 83.2 Å². The monoisotopic (exact) mass is 628 g/mol. The van der Waals surface area contributed by atoms with Gasteiger partial charge in [0.2, 0.25) is 5.91 Å². The molecule has 46 heavy (non-hydrogen) atoms. The summed E-state index contributed by atoms with van der Waals surface area (Å²) in [6.07, 6.45) is 13.7. The average molecular weight is 629 g/mol. The van der Waals surface area contributed by atoms with Crippen LogP contribution >= 0.6 is 0 Å². The van der Waals surface area contributed by atoms with Crippen LogP contribution in [0.2, 0.25) is 0 Å². The van der Waals surface area contributed by atoms with Gasteiger partial charge in [-0.05, 0) is 92.3 Å². The topological polar surface area (TPSA) is 40.6 Å². The molecule has 2 aliphatic rings. The summed E-state index contributed by atoms with van der Waals surface area (Å²) in [5, 5.41) is 0. The number of rotatable bonds is 11. The molecule has 0 N–H and O–H groups in total. The zero-order valence-electron chi connectivity index (χ0n) is 30.4. The Balaban J connectivity index is 0.000000482. The summed E-state index contributed by atoms with van der Waals surface area (Å²) in [4.78, 5) is 26.9. The Morgan fingerprint density at radius 3 is 2.26 bits per heavy atom. The van der Waals surface area contributed by atoms with Crippen LogP contribution in [0.1, 0.15) is 78.7 Å². The van der Waals surface area contributed by atoms with Gasteiger partial charge in [-0.25, -0.2) is 0 Å². The fraction of sp³-hybridized carbons (Fsp3) is 0.512. The summed E-state index contributed by atoms with van der Waals surface area (Å²) >= 11 is 0. The highest BCUT2D eigenvalue weighted by Crippen LogP contribution is 2.44. The summed E-state index contributed by atoms with van der Waals surface area (Å²) in [5.74, 6) is 1.01. The Bertz CT molecular complexity index is 1300. The predicted octanol–water partition coefficient (Wildman–Crippen LogP) is 9.37. The van der Waals surface area contributed by atoms with Gasteiger partial charge < -0.3 is 4.90 Å². The second kappa shape index (κ2) is 18.8. The second-order valence-corrected chi connectivity index (χ2v) is 13.5. The third-order valence-corrected chi connectivity index (χ3v) is 9.69. The molecule has 1 heterocycles. The molecule has 2 atom stereocenters. The SMILES string of the molecule is C=CCCC(C)C(=O)N(C)C.CC.CCC1=CC(C)(C2CCN(Cc3cccc([N+](C)(C)c4ccccc4)c3)CC2)CC=C1C=O. The van der Waals surface area contributed by atoms with Gasteiger partial charge in [0.05, 0.1) is 14.1 Å². The Kier molecular flexibility index (Phi) is 15.9. The molecular formula is C41H62N3O2+. The van der Waals surface area contributed by atoms with Crippen LogP contribution in [-0.2, 0) is 16.1 Å². The van der Waals surface area contributed by atoms with E-state index in [2.05, 4.69) is 106 Å². The molecule has 252 valence electrons. The van der Waals surface area contributed by atoms with Crippen molar-refractivity contribution in [2.75, 3.05) is 41.3 Å². The average Bonchev–Trinajstić information content (AvgIpc) is 3.08. The number of carbonyl (C=O) groups is 2. The van der Waals surface area contributed by atoms with Crippen molar-refractivity contribution in [1.82, 2.24) is 14.3 Å². The number of para-hydroxylation sites is 1. The summed E-state index contributed by atoms with van der Waals surface area (Å²) in [6, 6.07) is 19.8. The minimum atomic E-state index is 0.128. The van der Waals surface area contributed by atoms with E-state index in [1.807, 2.05) is 26.8 Å². The number of piperidine rings is 1. The van der Waals surface area contributed by atoms with Crippen LogP contribution < -0.4 is 4.48 Å². The largest absolute Gasteiger partial charge is 0.349 e. The van der Waals surface area contributed by atoms with Gasteiger partial charge in [0.1, 0.15) is 17.7 Å². The zero-order chi connectivity index (χ0) is 34.3. The van der Waals surface area contributed by atoms with Gasteiger partial charge in [-0.2, -0.15) is 0 Å². The van der Waals surface area contributed by atoms with Gasteiger partial charge in [0.25, 0.3) is 0 Å². The molecule has 0 aromatic heterocycles. The molecule has 2 aromatic rings. The molecule has 0 saturated carbocycles. The minimum Gasteiger partial charge on any atom is -0.349 e. The van der Waals surface area contributed by atoms with Gasteiger partial charge in [-0.15, -0.1) is 6.58 Å². The van der Waals surface area contributed by atoms with E-state index in [0.29, 0.717) is 5.92 Å². The number of carbonyl (C=O) groups excluding carboxylic acids is 2. The molecular weight excluding hydrogens is 566 g/mol. The summed E-state index contributed by atoms with van der Waals surface area (Å²) in [6.45, 7) is 17.4. The van der Waals surface area contributed by atoms with E-state index in [1.165, 1.54) is 35.4 Å². The minimum absolute atomic E-state index is 0.128. The molecule has 4 rings (SSSR count). The summed E-state index contributed by atoms with van der Waals surface area (Å²) in [7, 11) is 8.08. The van der Waals surface area contributed by atoms with E-state index < -0.39 is 0 Å². The van der Waals surface area contributed by atoms with Crippen molar-refractivity contribution in [2.45, 2.75) is 79.7 Å². The molecule has 1 aliphatic carbocycles. The van der Waals surface area contributed by atoms with Crippen LogP contribution in [0.25, 0.3) is 0 Å². The number of likely N-dealkylation sites (tertiary alicyclic amines) is 1. The lowest BCUT2D eigenvalue weighted by molar-refractivity contribution is -0.132. The van der Waals surface area contributed by atoms with Crippen LogP contribution in [0, 0.1) is 17.3 Å². The van der Waals surface area contributed by atoms with Crippen LogP contribution in [-0.4, -0.2) is 63.3 Å². The molecule has 0 radical (unpaired) electrons. The third-order valence-electron chi connectivity index (χ3n) is 9.69. The molecule has 1 amide bonds. The quantitative estimate of drug-likeness (QED) is 0.141. The highest BCUT2D eigenvalue weighted by atomic mass is 16.2. The van der Waals surface area contributed by atoms with E-state index in [4.69, 9.17) is 0 Å². The van der Waals surface area contributed by atoms with Crippen molar-refractivity contribution in [1.29, 1.82) is 0 Å². The Morgan fingerprint density at radius 2 is 1.70 bits per heavy atom. The predicted molar refractivity (Wildman–Crippen MR) is 198 cm³/mol. The first kappa shape index (κ1) is 38.9. The number of benzene rings is 2. The van der Waals surface area contributed by atoms with Gasteiger partial charge >= 0.3 is 0 Å². The van der Waals surface area contributed by atoms with Gasteiger partial charge in [0.15, 0.2) is 0 Å². The number of aldehydes is 1. The molecule has 2 unspecified atom stereocenters. The third kappa shape index (κ3) is 10.6. The van der Waals surface area contributed by atoms with E-state index in [9.17, 15) is 9.59 Å². The fourth-order valence-electron chi connectivity index (χ4n) is 6.61. The molecule has 0 spiro atoms. The number of amides is 1. The number of nitrogens with zero attached hydrogens (tertiary/aromatic N) is 3. The molecule has 2 aromatic carbocycles. The van der Waals surface area contributed by atoms with E-state index >= 15 is 0 Å². The van der Waals surface area contributed by atoms with Crippen LogP contribution in [0.5, 0.6) is 0 Å².